The van der Waals surface area contributed by atoms with Gasteiger partial charge in [0.2, 0.25) is 11.8 Å². The molecule has 24 heavy (non-hydrogen) atoms. The summed E-state index contributed by atoms with van der Waals surface area (Å²) in [4.78, 5) is 20.5. The topological polar surface area (TPSA) is 71.7 Å². The first-order valence-corrected chi connectivity index (χ1v) is 8.12. The number of aromatic nitrogens is 2. The molecule has 1 fully saturated rings. The largest absolute Gasteiger partial charge is 0.367 e. The van der Waals surface area contributed by atoms with E-state index < -0.39 is 0 Å². The third-order valence-electron chi connectivity index (χ3n) is 4.00. The molecule has 0 unspecified atom stereocenters. The van der Waals surface area contributed by atoms with Crippen LogP contribution < -0.4 is 0 Å². The van der Waals surface area contributed by atoms with E-state index in [0.717, 1.165) is 18.7 Å². The van der Waals surface area contributed by atoms with Gasteiger partial charge in [-0.2, -0.15) is 4.98 Å². The Morgan fingerprint density at radius 2 is 1.96 bits per heavy atom. The SMILES string of the molecule is Cc1nc(CN2CCN(C(=O)COCc3ccccc3)CC2)no1. The molecule has 128 valence electrons. The van der Waals surface area contributed by atoms with Gasteiger partial charge in [0.25, 0.3) is 0 Å². The van der Waals surface area contributed by atoms with Gasteiger partial charge in [-0.05, 0) is 5.56 Å². The van der Waals surface area contributed by atoms with Crippen LogP contribution in [0, 0.1) is 6.92 Å². The number of hydrogen-bond donors (Lipinski definition) is 0. The van der Waals surface area contributed by atoms with Crippen LogP contribution in [-0.4, -0.2) is 58.6 Å². The summed E-state index contributed by atoms with van der Waals surface area (Å²) >= 11 is 0. The maximum Gasteiger partial charge on any atom is 0.248 e. The number of ether oxygens (including phenoxy) is 1. The van der Waals surface area contributed by atoms with Crippen LogP contribution in [0.4, 0.5) is 0 Å². The summed E-state index contributed by atoms with van der Waals surface area (Å²) in [7, 11) is 0. The van der Waals surface area contributed by atoms with E-state index in [2.05, 4.69) is 15.0 Å². The van der Waals surface area contributed by atoms with Gasteiger partial charge >= 0.3 is 0 Å². The van der Waals surface area contributed by atoms with E-state index in [-0.39, 0.29) is 12.5 Å². The molecule has 0 aliphatic carbocycles. The van der Waals surface area contributed by atoms with Gasteiger partial charge in [-0.1, -0.05) is 35.5 Å². The van der Waals surface area contributed by atoms with Crippen LogP contribution in [-0.2, 0) is 22.7 Å². The number of amides is 1. The fourth-order valence-electron chi connectivity index (χ4n) is 2.68. The van der Waals surface area contributed by atoms with E-state index in [1.54, 1.807) is 6.92 Å². The van der Waals surface area contributed by atoms with E-state index in [0.29, 0.717) is 38.0 Å². The minimum atomic E-state index is 0.0426. The number of hydrogen-bond acceptors (Lipinski definition) is 6. The highest BCUT2D eigenvalue weighted by Crippen LogP contribution is 2.07. The summed E-state index contributed by atoms with van der Waals surface area (Å²) in [5, 5.41) is 3.90. The van der Waals surface area contributed by atoms with E-state index >= 15 is 0 Å². The molecule has 0 atom stereocenters. The molecule has 7 nitrogen and oxygen atoms in total. The molecule has 0 spiro atoms. The maximum absolute atomic E-state index is 12.2. The Bertz CT molecular complexity index is 651. The maximum atomic E-state index is 12.2. The molecule has 1 aliphatic heterocycles. The summed E-state index contributed by atoms with van der Waals surface area (Å²) in [6.45, 7) is 6.03. The van der Waals surface area contributed by atoms with E-state index in [9.17, 15) is 4.79 Å². The zero-order valence-electron chi connectivity index (χ0n) is 13.9. The second-order valence-electron chi connectivity index (χ2n) is 5.86. The number of benzene rings is 1. The van der Waals surface area contributed by atoms with Crippen molar-refractivity contribution in [2.75, 3.05) is 32.8 Å². The Morgan fingerprint density at radius 3 is 2.62 bits per heavy atom. The molecule has 1 saturated heterocycles. The highest BCUT2D eigenvalue weighted by molar-refractivity contribution is 5.77. The summed E-state index contributed by atoms with van der Waals surface area (Å²) in [5.41, 5.74) is 1.07. The third-order valence-corrected chi connectivity index (χ3v) is 4.00. The monoisotopic (exact) mass is 330 g/mol. The molecule has 0 radical (unpaired) electrons. The van der Waals surface area contributed by atoms with Gasteiger partial charge in [-0.15, -0.1) is 0 Å². The Morgan fingerprint density at radius 1 is 1.21 bits per heavy atom. The molecule has 1 aliphatic rings. The lowest BCUT2D eigenvalue weighted by Crippen LogP contribution is -2.49. The van der Waals surface area contributed by atoms with Crippen molar-refractivity contribution in [3.05, 3.63) is 47.6 Å². The molecule has 1 aromatic carbocycles. The van der Waals surface area contributed by atoms with Crippen LogP contribution in [0.25, 0.3) is 0 Å². The lowest BCUT2D eigenvalue weighted by molar-refractivity contribution is -0.138. The number of aryl methyl sites for hydroxylation is 1. The minimum absolute atomic E-state index is 0.0426. The summed E-state index contributed by atoms with van der Waals surface area (Å²) < 4.78 is 10.5. The smallest absolute Gasteiger partial charge is 0.248 e. The van der Waals surface area contributed by atoms with Crippen LogP contribution in [0.15, 0.2) is 34.9 Å². The average Bonchev–Trinajstić information content (AvgIpc) is 3.01. The number of carbonyl (C=O) groups is 1. The molecule has 0 N–H and O–H groups in total. The zero-order valence-corrected chi connectivity index (χ0v) is 13.9. The predicted molar refractivity (Wildman–Crippen MR) is 87.0 cm³/mol. The lowest BCUT2D eigenvalue weighted by atomic mass is 10.2. The molecule has 1 amide bonds. The van der Waals surface area contributed by atoms with Crippen molar-refractivity contribution in [2.45, 2.75) is 20.1 Å². The molecular weight excluding hydrogens is 308 g/mol. The highest BCUT2D eigenvalue weighted by atomic mass is 16.5. The normalized spacial score (nSPS) is 15.6. The van der Waals surface area contributed by atoms with Gasteiger partial charge in [0.15, 0.2) is 5.82 Å². The van der Waals surface area contributed by atoms with Crippen molar-refractivity contribution in [3.63, 3.8) is 0 Å². The number of rotatable bonds is 6. The van der Waals surface area contributed by atoms with Gasteiger partial charge in [0.1, 0.15) is 6.61 Å². The second kappa shape index (κ2) is 8.03. The summed E-state index contributed by atoms with van der Waals surface area (Å²) in [6, 6.07) is 9.87. The first kappa shape index (κ1) is 16.6. The van der Waals surface area contributed by atoms with Crippen LogP contribution in [0.5, 0.6) is 0 Å². The Balaban J connectivity index is 1.37. The van der Waals surface area contributed by atoms with Crippen molar-refractivity contribution in [3.8, 4) is 0 Å². The lowest BCUT2D eigenvalue weighted by Gasteiger charge is -2.34. The van der Waals surface area contributed by atoms with E-state index in [4.69, 9.17) is 9.26 Å². The van der Waals surface area contributed by atoms with Gasteiger partial charge < -0.3 is 14.2 Å². The van der Waals surface area contributed by atoms with Crippen molar-refractivity contribution >= 4 is 5.91 Å². The molecule has 3 rings (SSSR count). The van der Waals surface area contributed by atoms with Crippen LogP contribution in [0.3, 0.4) is 0 Å². The molecule has 2 aromatic rings. The van der Waals surface area contributed by atoms with Crippen LogP contribution in [0.1, 0.15) is 17.3 Å². The summed E-state index contributed by atoms with van der Waals surface area (Å²) in [5.74, 6) is 1.31. The Kier molecular flexibility index (Phi) is 5.55. The zero-order chi connectivity index (χ0) is 16.8. The van der Waals surface area contributed by atoms with Gasteiger partial charge in [0.05, 0.1) is 13.2 Å². The van der Waals surface area contributed by atoms with E-state index in [1.165, 1.54) is 0 Å². The van der Waals surface area contributed by atoms with E-state index in [1.807, 2.05) is 35.2 Å². The Hall–Kier alpha value is -2.25. The van der Waals surface area contributed by atoms with Crippen molar-refractivity contribution in [2.24, 2.45) is 0 Å². The second-order valence-corrected chi connectivity index (χ2v) is 5.86. The standard InChI is InChI=1S/C17H22N4O3/c1-14-18-16(19-24-14)11-20-7-9-21(10-8-20)17(22)13-23-12-15-5-3-2-4-6-15/h2-6H,7-13H2,1H3. The number of carbonyl (C=O) groups excluding carboxylic acids is 1. The molecule has 0 bridgehead atoms. The average molecular weight is 330 g/mol. The summed E-state index contributed by atoms with van der Waals surface area (Å²) in [6.07, 6.45) is 0. The molecule has 1 aromatic heterocycles. The minimum Gasteiger partial charge on any atom is -0.367 e. The number of piperazine rings is 1. The highest BCUT2D eigenvalue weighted by Gasteiger charge is 2.22. The quantitative estimate of drug-likeness (QED) is 0.793. The van der Waals surface area contributed by atoms with Crippen molar-refractivity contribution in [1.29, 1.82) is 0 Å². The van der Waals surface area contributed by atoms with Crippen molar-refractivity contribution in [1.82, 2.24) is 19.9 Å². The van der Waals surface area contributed by atoms with Gasteiger partial charge in [0, 0.05) is 33.1 Å². The first-order chi connectivity index (χ1) is 11.7. The fraction of sp³-hybridized carbons (Fsp3) is 0.471. The van der Waals surface area contributed by atoms with Crippen molar-refractivity contribution < 1.29 is 14.1 Å². The third kappa shape index (κ3) is 4.62. The molecular formula is C17H22N4O3. The van der Waals surface area contributed by atoms with Crippen LogP contribution >= 0.6 is 0 Å². The molecule has 2 heterocycles. The Labute approximate surface area is 141 Å². The molecule has 0 saturated carbocycles. The first-order valence-electron chi connectivity index (χ1n) is 8.12. The van der Waals surface area contributed by atoms with Gasteiger partial charge in [-0.25, -0.2) is 0 Å². The predicted octanol–water partition coefficient (Wildman–Crippen LogP) is 1.24. The number of nitrogens with zero attached hydrogens (tertiary/aromatic N) is 4. The van der Waals surface area contributed by atoms with Crippen LogP contribution in [0.2, 0.25) is 0 Å². The fourth-order valence-corrected chi connectivity index (χ4v) is 2.68. The molecule has 7 heteroatoms. The van der Waals surface area contributed by atoms with Gasteiger partial charge in [-0.3, -0.25) is 9.69 Å².